The normalized spacial score (nSPS) is 10.6. The number of carbonyl (C=O) groups excluding carboxylic acids is 2. The van der Waals surface area contributed by atoms with E-state index in [9.17, 15) is 9.59 Å². The number of esters is 1. The lowest BCUT2D eigenvalue weighted by Gasteiger charge is -2.07. The van der Waals surface area contributed by atoms with Gasteiger partial charge in [-0.2, -0.15) is 0 Å². The summed E-state index contributed by atoms with van der Waals surface area (Å²) < 4.78 is 10.1. The molecule has 1 aromatic carbocycles. The van der Waals surface area contributed by atoms with Gasteiger partial charge in [-0.15, -0.1) is 0 Å². The number of rotatable bonds is 17. The lowest BCUT2D eigenvalue weighted by atomic mass is 10.1. The van der Waals surface area contributed by atoms with E-state index in [4.69, 9.17) is 9.47 Å². The lowest BCUT2D eigenvalue weighted by molar-refractivity contribution is -0.145. The van der Waals surface area contributed by atoms with E-state index in [1.807, 2.05) is 30.3 Å². The van der Waals surface area contributed by atoms with Gasteiger partial charge in [0.25, 0.3) is 0 Å². The summed E-state index contributed by atoms with van der Waals surface area (Å²) in [6, 6.07) is 9.82. The van der Waals surface area contributed by atoms with E-state index in [2.05, 4.69) is 5.32 Å². The molecule has 5 heteroatoms. The van der Waals surface area contributed by atoms with Crippen LogP contribution in [-0.4, -0.2) is 32.3 Å². The third-order valence-corrected chi connectivity index (χ3v) is 4.72. The molecule has 0 atom stereocenters. The minimum absolute atomic E-state index is 0.0322. The molecule has 0 heterocycles. The van der Waals surface area contributed by atoms with E-state index in [0.717, 1.165) is 31.4 Å². The highest BCUT2D eigenvalue weighted by molar-refractivity contribution is 5.76. The molecule has 5 nitrogen and oxygen atoms in total. The van der Waals surface area contributed by atoms with Crippen LogP contribution in [0.3, 0.4) is 0 Å². The number of carbonyl (C=O) groups is 2. The molecule has 1 aromatic rings. The van der Waals surface area contributed by atoms with Crippen LogP contribution in [-0.2, 0) is 25.5 Å². The highest BCUT2D eigenvalue weighted by Crippen LogP contribution is 2.10. The Hall–Kier alpha value is -1.88. The third kappa shape index (κ3) is 14.2. The molecule has 1 N–H and O–H groups in total. The quantitative estimate of drug-likeness (QED) is 0.236. The Balaban J connectivity index is 1.87. The minimum Gasteiger partial charge on any atom is -0.444 e. The summed E-state index contributed by atoms with van der Waals surface area (Å²) in [5, 5.41) is 2.66. The Morgan fingerprint density at radius 1 is 0.821 bits per heavy atom. The van der Waals surface area contributed by atoms with Crippen molar-refractivity contribution >= 4 is 11.9 Å². The maximum atomic E-state index is 11.8. The molecule has 0 aliphatic rings. The van der Waals surface area contributed by atoms with E-state index in [0.29, 0.717) is 19.3 Å². The summed E-state index contributed by atoms with van der Waals surface area (Å²) in [5.41, 5.74) is 1.11. The molecular formula is C23H37NO4. The Morgan fingerprint density at radius 3 is 2.07 bits per heavy atom. The van der Waals surface area contributed by atoms with Crippen molar-refractivity contribution < 1.29 is 19.1 Å². The van der Waals surface area contributed by atoms with E-state index in [1.165, 1.54) is 38.5 Å². The van der Waals surface area contributed by atoms with Crippen molar-refractivity contribution in [3.05, 3.63) is 35.9 Å². The predicted molar refractivity (Wildman–Crippen MR) is 112 cm³/mol. The number of amides is 1. The van der Waals surface area contributed by atoms with E-state index in [1.54, 1.807) is 7.11 Å². The van der Waals surface area contributed by atoms with Gasteiger partial charge in [-0.25, -0.2) is 0 Å². The fourth-order valence-corrected chi connectivity index (χ4v) is 3.02. The topological polar surface area (TPSA) is 64.6 Å². The van der Waals surface area contributed by atoms with Crippen molar-refractivity contribution in [3.8, 4) is 0 Å². The van der Waals surface area contributed by atoms with Gasteiger partial charge in [0.05, 0.1) is 0 Å². The number of aryl methyl sites for hydroxylation is 1. The lowest BCUT2D eigenvalue weighted by Crippen LogP contribution is -2.27. The van der Waals surface area contributed by atoms with Crippen molar-refractivity contribution in [2.24, 2.45) is 0 Å². The first-order valence-electron chi connectivity index (χ1n) is 10.7. The zero-order chi connectivity index (χ0) is 20.3. The first-order valence-corrected chi connectivity index (χ1v) is 10.7. The monoisotopic (exact) mass is 391 g/mol. The average molecular weight is 392 g/mol. The van der Waals surface area contributed by atoms with Crippen LogP contribution >= 0.6 is 0 Å². The second-order valence-electron chi connectivity index (χ2n) is 7.17. The minimum atomic E-state index is -0.286. The van der Waals surface area contributed by atoms with Gasteiger partial charge in [0, 0.05) is 26.6 Å². The van der Waals surface area contributed by atoms with Crippen LogP contribution in [0.2, 0.25) is 0 Å². The third-order valence-electron chi connectivity index (χ3n) is 4.72. The molecule has 1 rings (SSSR count). The van der Waals surface area contributed by atoms with Crippen molar-refractivity contribution in [1.82, 2.24) is 5.32 Å². The molecule has 158 valence electrons. The number of ether oxygens (including phenoxy) is 2. The Bertz CT molecular complexity index is 519. The zero-order valence-electron chi connectivity index (χ0n) is 17.4. The zero-order valence-corrected chi connectivity index (χ0v) is 17.4. The molecule has 0 spiro atoms. The molecule has 0 unspecified atom stereocenters. The summed E-state index contributed by atoms with van der Waals surface area (Å²) >= 11 is 0. The maximum absolute atomic E-state index is 11.8. The first kappa shape index (κ1) is 24.2. The standard InChI is InChI=1S/C23H37NO4/c1-27-19-13-8-6-4-2-3-5-7-12-16-22(25)24-20-28-23(26)18-17-21-14-10-9-11-15-21/h9-11,14-15H,2-8,12-13,16-20H2,1H3,(H,24,25). The Labute approximate surface area is 170 Å². The van der Waals surface area contributed by atoms with Gasteiger partial charge in [0.1, 0.15) is 0 Å². The van der Waals surface area contributed by atoms with Crippen molar-refractivity contribution in [1.29, 1.82) is 0 Å². The number of hydrogen-bond acceptors (Lipinski definition) is 4. The molecular weight excluding hydrogens is 354 g/mol. The number of unbranched alkanes of at least 4 members (excludes halogenated alkanes) is 8. The van der Waals surface area contributed by atoms with Crippen LogP contribution < -0.4 is 5.32 Å². The average Bonchev–Trinajstić information content (AvgIpc) is 2.71. The molecule has 0 aromatic heterocycles. The highest BCUT2D eigenvalue weighted by atomic mass is 16.5. The van der Waals surface area contributed by atoms with Crippen LogP contribution in [0.1, 0.15) is 76.2 Å². The van der Waals surface area contributed by atoms with Crippen LogP contribution in [0.15, 0.2) is 30.3 Å². The Morgan fingerprint density at radius 2 is 1.43 bits per heavy atom. The number of methoxy groups -OCH3 is 1. The summed E-state index contributed by atoms with van der Waals surface area (Å²) in [5.74, 6) is -0.333. The van der Waals surface area contributed by atoms with Crippen molar-refractivity contribution in [3.63, 3.8) is 0 Å². The van der Waals surface area contributed by atoms with Gasteiger partial charge < -0.3 is 14.8 Å². The molecule has 0 radical (unpaired) electrons. The SMILES string of the molecule is COCCCCCCCCCCCC(=O)NCOC(=O)CCc1ccccc1. The van der Waals surface area contributed by atoms with E-state index in [-0.39, 0.29) is 18.6 Å². The fraction of sp³-hybridized carbons (Fsp3) is 0.652. The smallest absolute Gasteiger partial charge is 0.307 e. The second kappa shape index (κ2) is 17.2. The fourth-order valence-electron chi connectivity index (χ4n) is 3.02. The molecule has 0 fully saturated rings. The van der Waals surface area contributed by atoms with E-state index < -0.39 is 0 Å². The van der Waals surface area contributed by atoms with Gasteiger partial charge >= 0.3 is 5.97 Å². The number of hydrogen-bond donors (Lipinski definition) is 1. The molecule has 0 aliphatic heterocycles. The van der Waals surface area contributed by atoms with Crippen LogP contribution in [0.25, 0.3) is 0 Å². The van der Waals surface area contributed by atoms with Gasteiger partial charge in [0.2, 0.25) is 5.91 Å². The molecule has 0 saturated heterocycles. The molecule has 1 amide bonds. The van der Waals surface area contributed by atoms with Crippen molar-refractivity contribution in [2.75, 3.05) is 20.4 Å². The van der Waals surface area contributed by atoms with Crippen LogP contribution in [0.5, 0.6) is 0 Å². The summed E-state index contributed by atoms with van der Waals surface area (Å²) in [4.78, 5) is 23.4. The molecule has 0 bridgehead atoms. The Kier molecular flexibility index (Phi) is 14.9. The molecule has 0 aliphatic carbocycles. The van der Waals surface area contributed by atoms with Crippen LogP contribution in [0.4, 0.5) is 0 Å². The van der Waals surface area contributed by atoms with Gasteiger partial charge in [-0.05, 0) is 24.8 Å². The highest BCUT2D eigenvalue weighted by Gasteiger charge is 2.05. The van der Waals surface area contributed by atoms with Gasteiger partial charge in [-0.1, -0.05) is 75.3 Å². The summed E-state index contributed by atoms with van der Waals surface area (Å²) in [6.45, 7) is 0.838. The summed E-state index contributed by atoms with van der Waals surface area (Å²) in [7, 11) is 1.75. The first-order chi connectivity index (χ1) is 13.7. The molecule has 28 heavy (non-hydrogen) atoms. The summed E-state index contributed by atoms with van der Waals surface area (Å²) in [6.07, 6.45) is 12.1. The maximum Gasteiger partial charge on any atom is 0.307 e. The largest absolute Gasteiger partial charge is 0.444 e. The predicted octanol–water partition coefficient (Wildman–Crippen LogP) is 4.78. The van der Waals surface area contributed by atoms with Gasteiger partial charge in [0.15, 0.2) is 6.73 Å². The van der Waals surface area contributed by atoms with Crippen LogP contribution in [0, 0.1) is 0 Å². The van der Waals surface area contributed by atoms with Crippen molar-refractivity contribution in [2.45, 2.75) is 77.0 Å². The number of nitrogens with one attached hydrogen (secondary N) is 1. The number of benzene rings is 1. The second-order valence-corrected chi connectivity index (χ2v) is 7.17. The van der Waals surface area contributed by atoms with Gasteiger partial charge in [-0.3, -0.25) is 9.59 Å². The van der Waals surface area contributed by atoms with E-state index >= 15 is 0 Å². The molecule has 0 saturated carbocycles.